The van der Waals surface area contributed by atoms with Gasteiger partial charge in [-0.15, -0.1) is 0 Å². The molecule has 1 fully saturated rings. The molecule has 5 unspecified atom stereocenters. The molecule has 0 aromatic heterocycles. The lowest BCUT2D eigenvalue weighted by Crippen LogP contribution is -2.34. The van der Waals surface area contributed by atoms with Gasteiger partial charge in [0.1, 0.15) is 25.4 Å². The lowest BCUT2D eigenvalue weighted by atomic mass is 9.98. The van der Waals surface area contributed by atoms with Crippen LogP contribution in [0, 0.1) is 17.8 Å². The maximum atomic E-state index is 11.7. The third-order valence-corrected chi connectivity index (χ3v) is 5.33. The minimum Gasteiger partial charge on any atom is -0.458 e. The third-order valence-electron chi connectivity index (χ3n) is 5.33. The smallest absolute Gasteiger partial charge is 0.407 e. The molecule has 0 aliphatic heterocycles. The first-order valence-corrected chi connectivity index (χ1v) is 12.3. The summed E-state index contributed by atoms with van der Waals surface area (Å²) >= 11 is 0. The van der Waals surface area contributed by atoms with Gasteiger partial charge in [-0.05, 0) is 65.2 Å². The topological polar surface area (TPSA) is 129 Å². The first kappa shape index (κ1) is 33.0. The third kappa shape index (κ3) is 15.1. The van der Waals surface area contributed by atoms with E-state index in [1.54, 1.807) is 34.6 Å². The van der Waals surface area contributed by atoms with Gasteiger partial charge in [0.05, 0.1) is 0 Å². The zero-order chi connectivity index (χ0) is 27.8. The van der Waals surface area contributed by atoms with Crippen LogP contribution in [0.3, 0.4) is 0 Å². The zero-order valence-electron chi connectivity index (χ0n) is 22.8. The van der Waals surface area contributed by atoms with Crippen molar-refractivity contribution in [1.82, 2.24) is 10.6 Å². The maximum absolute atomic E-state index is 11.7. The number of carbonyl (C=O) groups is 4. The Kier molecular flexibility index (Phi) is 15.9. The Balaban J connectivity index is 0.000000723. The molecule has 10 heteroatoms. The quantitative estimate of drug-likeness (QED) is 0.240. The largest absolute Gasteiger partial charge is 0.458 e. The molecule has 0 heterocycles. The Morgan fingerprint density at radius 2 is 1.28 bits per heavy atom. The molecule has 0 bridgehead atoms. The molecule has 0 aromatic rings. The standard InChI is InChI=1S/C16H27NO4.C10H17NO4/c1-10(2)15(18)20-9-13(5)21-16(19)17-8-14-7-11(3)6-12(14)4;1-5-11-10(13)15-8(4)6-14-9(12)7(2)3/h11-14H,1,6-9H2,2-5H3,(H,17,19);8H,2,5-6H2,1,3-4H3,(H,11,13). The maximum Gasteiger partial charge on any atom is 0.407 e. The van der Waals surface area contributed by atoms with E-state index in [0.29, 0.717) is 36.1 Å². The van der Waals surface area contributed by atoms with Crippen LogP contribution >= 0.6 is 0 Å². The van der Waals surface area contributed by atoms with Crippen LogP contribution in [0.1, 0.15) is 61.3 Å². The van der Waals surface area contributed by atoms with Crippen LogP contribution < -0.4 is 10.6 Å². The monoisotopic (exact) mass is 512 g/mol. The van der Waals surface area contributed by atoms with Crippen molar-refractivity contribution in [2.24, 2.45) is 17.8 Å². The molecular formula is C26H44N2O8. The molecule has 206 valence electrons. The molecule has 10 nitrogen and oxygen atoms in total. The van der Waals surface area contributed by atoms with Gasteiger partial charge >= 0.3 is 24.1 Å². The molecule has 36 heavy (non-hydrogen) atoms. The minimum absolute atomic E-state index is 0.0306. The SMILES string of the molecule is C=C(C)C(=O)OCC(C)OC(=O)NCC.C=C(C)C(=O)OCC(C)OC(=O)NCC1CC(C)CC1C. The van der Waals surface area contributed by atoms with E-state index < -0.39 is 36.3 Å². The Morgan fingerprint density at radius 1 is 0.833 bits per heavy atom. The van der Waals surface area contributed by atoms with Crippen molar-refractivity contribution < 1.29 is 38.1 Å². The van der Waals surface area contributed by atoms with Crippen LogP contribution in [0.15, 0.2) is 24.3 Å². The van der Waals surface area contributed by atoms with Gasteiger partial charge in [0.25, 0.3) is 0 Å². The Labute approximate surface area is 215 Å². The molecule has 0 radical (unpaired) electrons. The summed E-state index contributed by atoms with van der Waals surface area (Å²) in [6.07, 6.45) is 0.437. The van der Waals surface area contributed by atoms with Crippen LogP contribution in [0.4, 0.5) is 9.59 Å². The zero-order valence-corrected chi connectivity index (χ0v) is 22.8. The van der Waals surface area contributed by atoms with Crippen molar-refractivity contribution in [3.63, 3.8) is 0 Å². The summed E-state index contributed by atoms with van der Waals surface area (Å²) < 4.78 is 19.7. The average Bonchev–Trinajstić information content (AvgIpc) is 3.11. The summed E-state index contributed by atoms with van der Waals surface area (Å²) in [6.45, 7) is 20.8. The summed E-state index contributed by atoms with van der Waals surface area (Å²) in [4.78, 5) is 44.8. The molecule has 1 saturated carbocycles. The number of alkyl carbamates (subject to hydrolysis) is 2. The molecule has 1 aliphatic rings. The predicted molar refractivity (Wildman–Crippen MR) is 136 cm³/mol. The van der Waals surface area contributed by atoms with Crippen molar-refractivity contribution in [1.29, 1.82) is 0 Å². The molecule has 0 spiro atoms. The number of hydrogen-bond acceptors (Lipinski definition) is 8. The second-order valence-electron chi connectivity index (χ2n) is 9.41. The van der Waals surface area contributed by atoms with Crippen LogP contribution in [0.2, 0.25) is 0 Å². The molecule has 5 atom stereocenters. The van der Waals surface area contributed by atoms with Crippen LogP contribution in [-0.4, -0.2) is 62.6 Å². The number of rotatable bonds is 11. The summed E-state index contributed by atoms with van der Waals surface area (Å²) in [6, 6.07) is 0. The Hall–Kier alpha value is -3.04. The highest BCUT2D eigenvalue weighted by Gasteiger charge is 2.29. The van der Waals surface area contributed by atoms with Gasteiger partial charge in [0.2, 0.25) is 0 Å². The van der Waals surface area contributed by atoms with Gasteiger partial charge < -0.3 is 29.6 Å². The van der Waals surface area contributed by atoms with E-state index in [1.807, 2.05) is 0 Å². The van der Waals surface area contributed by atoms with E-state index in [9.17, 15) is 19.2 Å². The molecule has 1 aliphatic carbocycles. The van der Waals surface area contributed by atoms with Crippen molar-refractivity contribution in [2.45, 2.75) is 73.5 Å². The van der Waals surface area contributed by atoms with Crippen LogP contribution in [-0.2, 0) is 28.5 Å². The molecular weight excluding hydrogens is 468 g/mol. The second-order valence-corrected chi connectivity index (χ2v) is 9.41. The molecule has 0 saturated heterocycles. The normalized spacial score (nSPS) is 19.9. The Bertz CT molecular complexity index is 767. The average molecular weight is 513 g/mol. The molecule has 1 rings (SSSR count). The highest BCUT2D eigenvalue weighted by molar-refractivity contribution is 5.87. The fourth-order valence-corrected chi connectivity index (χ4v) is 3.47. The minimum atomic E-state index is -0.517. The van der Waals surface area contributed by atoms with Crippen LogP contribution in [0.25, 0.3) is 0 Å². The number of amides is 2. The van der Waals surface area contributed by atoms with Crippen molar-refractivity contribution >= 4 is 24.1 Å². The number of nitrogens with one attached hydrogen (secondary N) is 2. The first-order chi connectivity index (χ1) is 16.8. The number of ether oxygens (including phenoxy) is 4. The summed E-state index contributed by atoms with van der Waals surface area (Å²) in [5.74, 6) is 0.919. The summed E-state index contributed by atoms with van der Waals surface area (Å²) in [5.41, 5.74) is 0.649. The van der Waals surface area contributed by atoms with E-state index in [-0.39, 0.29) is 13.2 Å². The van der Waals surface area contributed by atoms with Gasteiger partial charge in [0, 0.05) is 24.2 Å². The first-order valence-electron chi connectivity index (χ1n) is 12.3. The van der Waals surface area contributed by atoms with E-state index in [2.05, 4.69) is 37.6 Å². The van der Waals surface area contributed by atoms with Gasteiger partial charge in [0.15, 0.2) is 0 Å². The number of carbonyl (C=O) groups excluding carboxylic acids is 4. The van der Waals surface area contributed by atoms with Crippen molar-refractivity contribution in [2.75, 3.05) is 26.3 Å². The molecule has 2 amide bonds. The highest BCUT2D eigenvalue weighted by Crippen LogP contribution is 2.35. The summed E-state index contributed by atoms with van der Waals surface area (Å²) in [5, 5.41) is 5.27. The summed E-state index contributed by atoms with van der Waals surface area (Å²) in [7, 11) is 0. The number of hydrogen-bond donors (Lipinski definition) is 2. The van der Waals surface area contributed by atoms with E-state index >= 15 is 0 Å². The Morgan fingerprint density at radius 3 is 1.64 bits per heavy atom. The van der Waals surface area contributed by atoms with Crippen LogP contribution in [0.5, 0.6) is 0 Å². The van der Waals surface area contributed by atoms with E-state index in [0.717, 1.165) is 12.3 Å². The lowest BCUT2D eigenvalue weighted by molar-refractivity contribution is -0.142. The highest BCUT2D eigenvalue weighted by atomic mass is 16.6. The van der Waals surface area contributed by atoms with E-state index in [4.69, 9.17) is 18.9 Å². The number of esters is 2. The fourth-order valence-electron chi connectivity index (χ4n) is 3.47. The second kappa shape index (κ2) is 17.4. The van der Waals surface area contributed by atoms with Gasteiger partial charge in [-0.3, -0.25) is 0 Å². The fraction of sp³-hybridized carbons (Fsp3) is 0.692. The molecule has 2 N–H and O–H groups in total. The lowest BCUT2D eigenvalue weighted by Gasteiger charge is -2.18. The van der Waals surface area contributed by atoms with Crippen molar-refractivity contribution in [3.8, 4) is 0 Å². The van der Waals surface area contributed by atoms with Gasteiger partial charge in [-0.2, -0.15) is 0 Å². The molecule has 0 aromatic carbocycles. The van der Waals surface area contributed by atoms with E-state index in [1.165, 1.54) is 6.42 Å². The van der Waals surface area contributed by atoms with Crippen molar-refractivity contribution in [3.05, 3.63) is 24.3 Å². The predicted octanol–water partition coefficient (Wildman–Crippen LogP) is 4.14. The van der Waals surface area contributed by atoms with Gasteiger partial charge in [-0.25, -0.2) is 19.2 Å². The van der Waals surface area contributed by atoms with Gasteiger partial charge in [-0.1, -0.05) is 27.0 Å².